The highest BCUT2D eigenvalue weighted by Crippen LogP contribution is 2.43. The van der Waals surface area contributed by atoms with Crippen LogP contribution in [0.15, 0.2) is 144 Å². The zero-order chi connectivity index (χ0) is 31.3. The molecule has 0 bridgehead atoms. The molecule has 0 atom stereocenters. The van der Waals surface area contributed by atoms with Gasteiger partial charge in [-0.2, -0.15) is 0 Å². The van der Waals surface area contributed by atoms with Crippen LogP contribution in [0.1, 0.15) is 0 Å². The lowest BCUT2D eigenvalue weighted by molar-refractivity contribution is 0.669. The van der Waals surface area contributed by atoms with Crippen molar-refractivity contribution in [1.29, 1.82) is 0 Å². The van der Waals surface area contributed by atoms with E-state index in [1.807, 2.05) is 12.1 Å². The van der Waals surface area contributed by atoms with Crippen molar-refractivity contribution in [2.24, 2.45) is 0 Å². The smallest absolute Gasteiger partial charge is 0.161 e. The molecule has 0 saturated heterocycles. The minimum absolute atomic E-state index is 0.757. The fraction of sp³-hybridized carbons (Fsp3) is 0.0476. The van der Waals surface area contributed by atoms with Crippen molar-refractivity contribution in [2.75, 3.05) is 0 Å². The second-order valence-electron chi connectivity index (χ2n) is 13.0. The van der Waals surface area contributed by atoms with E-state index in [1.54, 1.807) is 0 Å². The molecule has 0 N–H and O–H groups in total. The van der Waals surface area contributed by atoms with E-state index in [4.69, 9.17) is 14.4 Å². The number of hydrogen-bond donors (Lipinski definition) is 0. The van der Waals surface area contributed by atoms with Crippen LogP contribution in [-0.4, -0.2) is 22.6 Å². The summed E-state index contributed by atoms with van der Waals surface area (Å²) in [4.78, 5) is 11.0. The predicted octanol–water partition coefficient (Wildman–Crippen LogP) is 9.61. The first-order chi connectivity index (χ1) is 23.1. The third kappa shape index (κ3) is 3.63. The number of furan rings is 1. The predicted molar refractivity (Wildman–Crippen MR) is 197 cm³/mol. The molecular formula is C42H29N3OSi. The number of fused-ring (bicyclic) bond motifs is 10. The fourth-order valence-electron chi connectivity index (χ4n) is 7.86. The molecule has 4 heterocycles. The highest BCUT2D eigenvalue weighted by Gasteiger charge is 2.41. The van der Waals surface area contributed by atoms with Crippen LogP contribution in [0.5, 0.6) is 0 Å². The zero-order valence-electron chi connectivity index (χ0n) is 26.0. The van der Waals surface area contributed by atoms with Gasteiger partial charge < -0.3 is 8.98 Å². The van der Waals surface area contributed by atoms with Gasteiger partial charge in [-0.05, 0) is 47.1 Å². The Hall–Kier alpha value is -5.78. The summed E-state index contributed by atoms with van der Waals surface area (Å²) in [5.74, 6) is 0.757. The summed E-state index contributed by atoms with van der Waals surface area (Å²) in [5, 5.41) is 7.29. The van der Waals surface area contributed by atoms with Crippen LogP contribution in [0.3, 0.4) is 0 Å². The van der Waals surface area contributed by atoms with Gasteiger partial charge >= 0.3 is 0 Å². The second-order valence-corrected chi connectivity index (χ2v) is 17.2. The van der Waals surface area contributed by atoms with Crippen LogP contribution >= 0.6 is 0 Å². The highest BCUT2D eigenvalue weighted by atomic mass is 28.3. The minimum Gasteiger partial charge on any atom is -0.456 e. The monoisotopic (exact) mass is 619 g/mol. The van der Waals surface area contributed by atoms with Crippen LogP contribution in [0, 0.1) is 0 Å². The minimum atomic E-state index is -2.10. The van der Waals surface area contributed by atoms with Crippen molar-refractivity contribution in [2.45, 2.75) is 13.1 Å². The summed E-state index contributed by atoms with van der Waals surface area (Å²) >= 11 is 0. The summed E-state index contributed by atoms with van der Waals surface area (Å²) in [5.41, 5.74) is 10.7. The Morgan fingerprint density at radius 2 is 1.26 bits per heavy atom. The molecule has 1 aliphatic heterocycles. The number of nitrogens with zero attached hydrogens (tertiary/aromatic N) is 3. The maximum Gasteiger partial charge on any atom is 0.161 e. The van der Waals surface area contributed by atoms with E-state index < -0.39 is 8.07 Å². The third-order valence-corrected chi connectivity index (χ3v) is 13.3. The molecule has 10 rings (SSSR count). The van der Waals surface area contributed by atoms with E-state index >= 15 is 0 Å². The lowest BCUT2D eigenvalue weighted by atomic mass is 10.0. The Balaban J connectivity index is 1.30. The van der Waals surface area contributed by atoms with Crippen molar-refractivity contribution in [3.63, 3.8) is 0 Å². The Labute approximate surface area is 272 Å². The average Bonchev–Trinajstić information content (AvgIpc) is 3.74. The normalized spacial score (nSPS) is 13.5. The number of aromatic nitrogens is 3. The number of rotatable bonds is 3. The second kappa shape index (κ2) is 9.61. The molecule has 3 aromatic heterocycles. The molecule has 0 radical (unpaired) electrons. The standard InChI is InChI=1S/C42H29N3OSi/c1-47(2)36-23-13-9-19-30(36)39-40(26-14-4-3-5-15-26)43-41(44-42(39)47)28-17-7-11-21-32(28)45-31-20-10-6-16-27(31)37-33(45)24-25-35-38(37)29-18-8-12-22-34(29)46-35/h3-25H,1-2H3. The fourth-order valence-corrected chi connectivity index (χ4v) is 10.8. The van der Waals surface area contributed by atoms with Gasteiger partial charge in [0.15, 0.2) is 5.82 Å². The summed E-state index contributed by atoms with van der Waals surface area (Å²) in [6, 6.07) is 49.4. The van der Waals surface area contributed by atoms with Crippen LogP contribution < -0.4 is 10.5 Å². The summed E-state index contributed by atoms with van der Waals surface area (Å²) in [6.45, 7) is 4.84. The van der Waals surface area contributed by atoms with Crippen LogP contribution in [0.25, 0.3) is 83.2 Å². The molecule has 6 aromatic carbocycles. The van der Waals surface area contributed by atoms with Crippen molar-refractivity contribution < 1.29 is 4.42 Å². The van der Waals surface area contributed by atoms with Gasteiger partial charge in [-0.1, -0.05) is 116 Å². The van der Waals surface area contributed by atoms with Gasteiger partial charge in [-0.3, -0.25) is 0 Å². The quantitative estimate of drug-likeness (QED) is 0.185. The number of benzene rings is 6. The van der Waals surface area contributed by atoms with Gasteiger partial charge in [0.2, 0.25) is 0 Å². The Morgan fingerprint density at radius 3 is 2.13 bits per heavy atom. The summed E-state index contributed by atoms with van der Waals surface area (Å²) in [7, 11) is -2.10. The molecular weight excluding hydrogens is 591 g/mol. The first-order valence-corrected chi connectivity index (χ1v) is 19.1. The molecule has 5 heteroatoms. The molecule has 0 aliphatic carbocycles. The van der Waals surface area contributed by atoms with Crippen LogP contribution in [0.2, 0.25) is 13.1 Å². The Kier molecular flexibility index (Phi) is 5.41. The topological polar surface area (TPSA) is 43.9 Å². The zero-order valence-corrected chi connectivity index (χ0v) is 27.0. The first-order valence-electron chi connectivity index (χ1n) is 16.1. The van der Waals surface area contributed by atoms with Gasteiger partial charge in [0.1, 0.15) is 19.2 Å². The lowest BCUT2D eigenvalue weighted by Crippen LogP contribution is -2.50. The molecule has 1 aliphatic rings. The summed E-state index contributed by atoms with van der Waals surface area (Å²) in [6.07, 6.45) is 0. The van der Waals surface area contributed by atoms with Gasteiger partial charge in [0.25, 0.3) is 0 Å². The third-order valence-electron chi connectivity index (χ3n) is 9.98. The van der Waals surface area contributed by atoms with E-state index in [0.29, 0.717) is 0 Å². The Bertz CT molecular complexity index is 2720. The highest BCUT2D eigenvalue weighted by molar-refractivity contribution is 7.03. The van der Waals surface area contributed by atoms with Gasteiger partial charge in [-0.25, -0.2) is 9.97 Å². The van der Waals surface area contributed by atoms with Gasteiger partial charge in [0, 0.05) is 43.6 Å². The first kappa shape index (κ1) is 26.4. The molecule has 4 nitrogen and oxygen atoms in total. The van der Waals surface area contributed by atoms with Crippen molar-refractivity contribution in [3.8, 4) is 39.5 Å². The molecule has 222 valence electrons. The van der Waals surface area contributed by atoms with Gasteiger partial charge in [-0.15, -0.1) is 0 Å². The van der Waals surface area contributed by atoms with Crippen LogP contribution in [0.4, 0.5) is 0 Å². The summed E-state index contributed by atoms with van der Waals surface area (Å²) < 4.78 is 8.72. The van der Waals surface area contributed by atoms with E-state index in [-0.39, 0.29) is 0 Å². The molecule has 0 unspecified atom stereocenters. The average molecular weight is 620 g/mol. The maximum absolute atomic E-state index is 6.34. The molecule has 9 aromatic rings. The van der Waals surface area contributed by atoms with Crippen LogP contribution in [-0.2, 0) is 0 Å². The molecule has 0 spiro atoms. The van der Waals surface area contributed by atoms with Gasteiger partial charge in [0.05, 0.1) is 22.4 Å². The van der Waals surface area contributed by atoms with Crippen molar-refractivity contribution >= 4 is 62.3 Å². The maximum atomic E-state index is 6.34. The number of para-hydroxylation sites is 3. The lowest BCUT2D eigenvalue weighted by Gasteiger charge is -2.20. The SMILES string of the molecule is C[Si]1(C)c2ccccc2-c2c(-c3ccccc3)nc(-c3ccccc3-n3c4ccccc4c4c5c(ccc43)oc3ccccc35)nc21. The van der Waals surface area contributed by atoms with E-state index in [2.05, 4.69) is 145 Å². The van der Waals surface area contributed by atoms with E-state index in [9.17, 15) is 0 Å². The molecule has 0 fully saturated rings. The van der Waals surface area contributed by atoms with Crippen molar-refractivity contribution in [3.05, 3.63) is 140 Å². The number of hydrogen-bond acceptors (Lipinski definition) is 3. The van der Waals surface area contributed by atoms with E-state index in [0.717, 1.165) is 61.3 Å². The molecule has 47 heavy (non-hydrogen) atoms. The largest absolute Gasteiger partial charge is 0.456 e. The Morgan fingerprint density at radius 1 is 0.553 bits per heavy atom. The van der Waals surface area contributed by atoms with Crippen molar-refractivity contribution in [1.82, 2.24) is 14.5 Å². The van der Waals surface area contributed by atoms with E-state index in [1.165, 1.54) is 32.4 Å². The molecule has 0 saturated carbocycles. The molecule has 0 amide bonds.